The van der Waals surface area contributed by atoms with Crippen molar-refractivity contribution in [2.45, 2.75) is 38.0 Å². The van der Waals surface area contributed by atoms with E-state index in [9.17, 15) is 0 Å². The fourth-order valence-electron chi connectivity index (χ4n) is 2.85. The molecule has 2 aromatic rings. The molecule has 0 amide bonds. The zero-order valence-corrected chi connectivity index (χ0v) is 18.5. The van der Waals surface area contributed by atoms with Crippen LogP contribution in [0.4, 0.5) is 0 Å². The first-order valence-corrected chi connectivity index (χ1v) is 9.78. The van der Waals surface area contributed by atoms with Crippen molar-refractivity contribution in [3.63, 3.8) is 0 Å². The van der Waals surface area contributed by atoms with Gasteiger partial charge < -0.3 is 10.6 Å². The fourth-order valence-corrected chi connectivity index (χ4v) is 4.09. The Morgan fingerprint density at radius 2 is 2.27 bits per heavy atom. The highest BCUT2D eigenvalue weighted by Crippen LogP contribution is 2.36. The van der Waals surface area contributed by atoms with E-state index in [4.69, 9.17) is 4.99 Å². The summed E-state index contributed by atoms with van der Waals surface area (Å²) in [6, 6.07) is 5.91. The maximum absolute atomic E-state index is 4.73. The van der Waals surface area contributed by atoms with Crippen LogP contribution in [0.5, 0.6) is 0 Å². The number of rotatable bonds is 6. The first-order valence-electron chi connectivity index (χ1n) is 8.80. The van der Waals surface area contributed by atoms with Crippen LogP contribution < -0.4 is 10.6 Å². The van der Waals surface area contributed by atoms with E-state index in [1.54, 1.807) is 17.1 Å². The predicted octanol–water partition coefficient (Wildman–Crippen LogP) is 3.23. The Balaban J connectivity index is 0.00000243. The standard InChI is InChI=1S/C18H26N6S.HI/c1-3-19-17(22-14-18(2)7-4-11-25-18)21-13-15-6-9-20-16(12-15)24-10-5-8-23-24;/h5-6,8-10,12H,3-4,7,11,13-14H2,1-2H3,(H2,19,21,22);1H. The third kappa shape index (κ3) is 5.87. The molecule has 1 unspecified atom stereocenters. The lowest BCUT2D eigenvalue weighted by molar-refractivity contribution is 0.584. The average molecular weight is 486 g/mol. The Hall–Kier alpha value is -1.29. The normalized spacial score (nSPS) is 19.8. The Labute approximate surface area is 176 Å². The summed E-state index contributed by atoms with van der Waals surface area (Å²) in [6.07, 6.45) is 8.02. The van der Waals surface area contributed by atoms with E-state index in [1.807, 2.05) is 24.4 Å². The van der Waals surface area contributed by atoms with Crippen molar-refractivity contribution in [2.75, 3.05) is 18.8 Å². The van der Waals surface area contributed by atoms with Crippen LogP contribution >= 0.6 is 35.7 Å². The van der Waals surface area contributed by atoms with Crippen LogP contribution in [0, 0.1) is 0 Å². The first kappa shape index (κ1) is 21.0. The Morgan fingerprint density at radius 1 is 1.38 bits per heavy atom. The van der Waals surface area contributed by atoms with E-state index in [-0.39, 0.29) is 24.0 Å². The molecule has 0 spiro atoms. The number of guanidine groups is 1. The molecule has 8 heteroatoms. The lowest BCUT2D eigenvalue weighted by Crippen LogP contribution is -2.43. The van der Waals surface area contributed by atoms with Gasteiger partial charge in [0.25, 0.3) is 0 Å². The van der Waals surface area contributed by atoms with Crippen molar-refractivity contribution in [3.8, 4) is 5.82 Å². The quantitative estimate of drug-likeness (QED) is 0.373. The second-order valence-electron chi connectivity index (χ2n) is 6.42. The highest BCUT2D eigenvalue weighted by atomic mass is 127. The summed E-state index contributed by atoms with van der Waals surface area (Å²) < 4.78 is 2.08. The van der Waals surface area contributed by atoms with Crippen LogP contribution in [0.25, 0.3) is 5.82 Å². The van der Waals surface area contributed by atoms with Crippen LogP contribution in [0.3, 0.4) is 0 Å². The van der Waals surface area contributed by atoms with E-state index < -0.39 is 0 Å². The molecule has 1 atom stereocenters. The Morgan fingerprint density at radius 3 is 2.96 bits per heavy atom. The second-order valence-corrected chi connectivity index (χ2v) is 8.11. The summed E-state index contributed by atoms with van der Waals surface area (Å²) >= 11 is 2.06. The van der Waals surface area contributed by atoms with Crippen molar-refractivity contribution in [2.24, 2.45) is 4.99 Å². The minimum atomic E-state index is 0. The Kier molecular flexibility index (Phi) is 8.20. The zero-order valence-electron chi connectivity index (χ0n) is 15.3. The van der Waals surface area contributed by atoms with E-state index >= 15 is 0 Å². The topological polar surface area (TPSA) is 67.1 Å². The molecule has 2 N–H and O–H groups in total. The molecule has 26 heavy (non-hydrogen) atoms. The number of halogens is 1. The van der Waals surface area contributed by atoms with Crippen molar-refractivity contribution < 1.29 is 0 Å². The zero-order chi connectivity index (χ0) is 17.5. The molecule has 1 saturated heterocycles. The highest BCUT2D eigenvalue weighted by Gasteiger charge is 2.29. The van der Waals surface area contributed by atoms with Gasteiger partial charge in [-0.1, -0.05) is 0 Å². The van der Waals surface area contributed by atoms with Gasteiger partial charge in [0.05, 0.1) is 6.54 Å². The Bertz CT molecular complexity index is 697. The minimum Gasteiger partial charge on any atom is -0.357 e. The molecule has 3 heterocycles. The number of nitrogens with one attached hydrogen (secondary N) is 2. The van der Waals surface area contributed by atoms with Gasteiger partial charge in [0.2, 0.25) is 0 Å². The minimum absolute atomic E-state index is 0. The fraction of sp³-hybridized carbons (Fsp3) is 0.500. The molecule has 142 valence electrons. The van der Waals surface area contributed by atoms with Crippen molar-refractivity contribution >= 4 is 41.7 Å². The molecule has 0 aromatic carbocycles. The lowest BCUT2D eigenvalue weighted by Gasteiger charge is -2.24. The molecule has 0 radical (unpaired) electrons. The molecule has 0 bridgehead atoms. The smallest absolute Gasteiger partial charge is 0.191 e. The highest BCUT2D eigenvalue weighted by molar-refractivity contribution is 14.0. The number of aliphatic imine (C=N–C) groups is 1. The van der Waals surface area contributed by atoms with Gasteiger partial charge in [-0.15, -0.1) is 24.0 Å². The molecule has 3 rings (SSSR count). The van der Waals surface area contributed by atoms with Crippen LogP contribution in [-0.2, 0) is 6.54 Å². The van der Waals surface area contributed by atoms with Crippen molar-refractivity contribution in [1.29, 1.82) is 0 Å². The molecule has 1 aliphatic heterocycles. The summed E-state index contributed by atoms with van der Waals surface area (Å²) in [5.74, 6) is 2.94. The summed E-state index contributed by atoms with van der Waals surface area (Å²) in [5, 5.41) is 11.1. The number of hydrogen-bond donors (Lipinski definition) is 2. The number of aromatic nitrogens is 3. The van der Waals surface area contributed by atoms with Gasteiger partial charge in [0, 0.05) is 36.4 Å². The van der Waals surface area contributed by atoms with Gasteiger partial charge >= 0.3 is 0 Å². The number of nitrogens with zero attached hydrogens (tertiary/aromatic N) is 4. The van der Waals surface area contributed by atoms with Gasteiger partial charge in [0.1, 0.15) is 0 Å². The maximum atomic E-state index is 4.73. The molecule has 0 aliphatic carbocycles. The van der Waals surface area contributed by atoms with E-state index in [1.165, 1.54) is 18.6 Å². The van der Waals surface area contributed by atoms with E-state index in [2.05, 4.69) is 46.3 Å². The van der Waals surface area contributed by atoms with Crippen LogP contribution in [0.1, 0.15) is 32.3 Å². The van der Waals surface area contributed by atoms with Crippen LogP contribution in [0.2, 0.25) is 0 Å². The molecular formula is C18H27IN6S. The van der Waals surface area contributed by atoms with Gasteiger partial charge in [0.15, 0.2) is 11.8 Å². The van der Waals surface area contributed by atoms with Gasteiger partial charge in [-0.05, 0) is 56.2 Å². The summed E-state index contributed by atoms with van der Waals surface area (Å²) in [4.78, 5) is 9.09. The van der Waals surface area contributed by atoms with Gasteiger partial charge in [-0.25, -0.2) is 14.7 Å². The third-order valence-corrected chi connectivity index (χ3v) is 5.78. The average Bonchev–Trinajstić information content (AvgIpc) is 3.30. The summed E-state index contributed by atoms with van der Waals surface area (Å²) in [5.41, 5.74) is 1.11. The maximum Gasteiger partial charge on any atom is 0.191 e. The number of pyridine rings is 1. The second kappa shape index (κ2) is 10.1. The number of thioether (sulfide) groups is 1. The predicted molar refractivity (Wildman–Crippen MR) is 120 cm³/mol. The third-order valence-electron chi connectivity index (χ3n) is 4.24. The van der Waals surface area contributed by atoms with Crippen molar-refractivity contribution in [3.05, 3.63) is 42.4 Å². The molecule has 1 fully saturated rings. The molecule has 6 nitrogen and oxygen atoms in total. The molecule has 1 aliphatic rings. The summed E-state index contributed by atoms with van der Waals surface area (Å²) in [7, 11) is 0. The lowest BCUT2D eigenvalue weighted by atomic mass is 10.1. The van der Waals surface area contributed by atoms with Crippen LogP contribution in [0.15, 0.2) is 41.8 Å². The largest absolute Gasteiger partial charge is 0.357 e. The summed E-state index contributed by atoms with van der Waals surface area (Å²) in [6.45, 7) is 6.82. The van der Waals surface area contributed by atoms with Gasteiger partial charge in [-0.2, -0.15) is 16.9 Å². The van der Waals surface area contributed by atoms with Crippen LogP contribution in [-0.4, -0.2) is 44.3 Å². The van der Waals surface area contributed by atoms with Gasteiger partial charge in [-0.3, -0.25) is 0 Å². The molecule has 0 saturated carbocycles. The number of hydrogen-bond acceptors (Lipinski definition) is 4. The van der Waals surface area contributed by atoms with E-state index in [0.717, 1.165) is 30.4 Å². The van der Waals surface area contributed by atoms with E-state index in [0.29, 0.717) is 11.3 Å². The SMILES string of the molecule is CCNC(=NCc1ccnc(-n2cccn2)c1)NCC1(C)CCCS1.I. The molecule has 2 aromatic heterocycles. The first-order chi connectivity index (χ1) is 12.2. The monoisotopic (exact) mass is 486 g/mol. The van der Waals surface area contributed by atoms with Crippen molar-refractivity contribution in [1.82, 2.24) is 25.4 Å². The molecular weight excluding hydrogens is 459 g/mol.